The van der Waals surface area contributed by atoms with E-state index in [1.54, 1.807) is 18.6 Å². The molecule has 0 unspecified atom stereocenters. The second kappa shape index (κ2) is 6.64. The van der Waals surface area contributed by atoms with Gasteiger partial charge in [-0.2, -0.15) is 5.10 Å². The minimum absolute atomic E-state index is 0.151. The second-order valence-electron chi connectivity index (χ2n) is 4.51. The molecule has 0 bridgehead atoms. The van der Waals surface area contributed by atoms with Crippen LogP contribution >= 0.6 is 0 Å². The van der Waals surface area contributed by atoms with E-state index < -0.39 is 0 Å². The molecule has 0 fully saturated rings. The van der Waals surface area contributed by atoms with Crippen LogP contribution in [0.5, 0.6) is 0 Å². The van der Waals surface area contributed by atoms with Gasteiger partial charge in [0.2, 0.25) is 0 Å². The molecule has 6 nitrogen and oxygen atoms in total. The predicted molar refractivity (Wildman–Crippen MR) is 83.3 cm³/mol. The zero-order valence-electron chi connectivity index (χ0n) is 11.7. The Morgan fingerprint density at radius 3 is 2.64 bits per heavy atom. The van der Waals surface area contributed by atoms with E-state index in [1.807, 2.05) is 36.4 Å². The van der Waals surface area contributed by atoms with Crippen molar-refractivity contribution in [1.29, 1.82) is 0 Å². The fraction of sp³-hybridized carbons (Fsp3) is 0.0625. The quantitative estimate of drug-likeness (QED) is 0.558. The predicted octanol–water partition coefficient (Wildman–Crippen LogP) is 2.67. The molecule has 110 valence electrons. The van der Waals surface area contributed by atoms with Crippen molar-refractivity contribution >= 4 is 11.9 Å². The molecule has 2 heterocycles. The van der Waals surface area contributed by atoms with Gasteiger partial charge >= 0.3 is 0 Å². The van der Waals surface area contributed by atoms with Crippen LogP contribution in [0.4, 0.5) is 5.69 Å². The molecule has 0 spiro atoms. The SMILES string of the molecule is OCc1ncoc1-c1ccc(N/N=C/c2ccncc2)cc1. The smallest absolute Gasteiger partial charge is 0.181 e. The summed E-state index contributed by atoms with van der Waals surface area (Å²) in [5, 5.41) is 13.3. The highest BCUT2D eigenvalue weighted by molar-refractivity contribution is 5.79. The van der Waals surface area contributed by atoms with Gasteiger partial charge in [-0.1, -0.05) is 0 Å². The summed E-state index contributed by atoms with van der Waals surface area (Å²) in [7, 11) is 0. The zero-order valence-corrected chi connectivity index (χ0v) is 11.7. The lowest BCUT2D eigenvalue weighted by Gasteiger charge is -2.02. The lowest BCUT2D eigenvalue weighted by Crippen LogP contribution is -1.91. The molecule has 3 aromatic rings. The summed E-state index contributed by atoms with van der Waals surface area (Å²) >= 11 is 0. The number of anilines is 1. The van der Waals surface area contributed by atoms with E-state index in [0.717, 1.165) is 16.8 Å². The standard InChI is InChI=1S/C16H14N4O2/c21-10-15-16(22-11-18-15)13-1-3-14(4-2-13)20-19-9-12-5-7-17-8-6-12/h1-9,11,20-21H,10H2/b19-9+. The molecule has 1 aromatic carbocycles. The van der Waals surface area contributed by atoms with Crippen molar-refractivity contribution in [3.8, 4) is 11.3 Å². The number of hydrogen-bond donors (Lipinski definition) is 2. The molecule has 0 atom stereocenters. The van der Waals surface area contributed by atoms with Gasteiger partial charge in [-0.25, -0.2) is 4.98 Å². The Bertz CT molecular complexity index is 751. The topological polar surface area (TPSA) is 83.5 Å². The van der Waals surface area contributed by atoms with Gasteiger partial charge in [0.05, 0.1) is 18.5 Å². The van der Waals surface area contributed by atoms with Gasteiger partial charge < -0.3 is 9.52 Å². The maximum absolute atomic E-state index is 9.19. The average Bonchev–Trinajstić information content (AvgIpc) is 3.05. The first-order chi connectivity index (χ1) is 10.9. The van der Waals surface area contributed by atoms with Crippen LogP contribution in [0.25, 0.3) is 11.3 Å². The molecule has 3 rings (SSSR count). The van der Waals surface area contributed by atoms with Crippen LogP contribution < -0.4 is 5.43 Å². The summed E-state index contributed by atoms with van der Waals surface area (Å²) in [4.78, 5) is 7.90. The third-order valence-electron chi connectivity index (χ3n) is 3.05. The summed E-state index contributed by atoms with van der Waals surface area (Å²) in [6.45, 7) is -0.151. The van der Waals surface area contributed by atoms with Crippen LogP contribution in [0, 0.1) is 0 Å². The molecule has 0 aliphatic carbocycles. The Morgan fingerprint density at radius 1 is 1.14 bits per heavy atom. The van der Waals surface area contributed by atoms with Crippen molar-refractivity contribution < 1.29 is 9.52 Å². The second-order valence-corrected chi connectivity index (χ2v) is 4.51. The molecule has 0 aliphatic heterocycles. The molecule has 2 N–H and O–H groups in total. The minimum Gasteiger partial charge on any atom is -0.443 e. The summed E-state index contributed by atoms with van der Waals surface area (Å²) in [6, 6.07) is 11.3. The van der Waals surface area contributed by atoms with Crippen LogP contribution in [0.2, 0.25) is 0 Å². The van der Waals surface area contributed by atoms with E-state index in [4.69, 9.17) is 4.42 Å². The number of aliphatic hydroxyl groups is 1. The molecule has 22 heavy (non-hydrogen) atoms. The Morgan fingerprint density at radius 2 is 1.91 bits per heavy atom. The van der Waals surface area contributed by atoms with Crippen LogP contribution in [0.15, 0.2) is 64.7 Å². The highest BCUT2D eigenvalue weighted by atomic mass is 16.3. The molecular weight excluding hydrogens is 280 g/mol. The van der Waals surface area contributed by atoms with Crippen molar-refractivity contribution in [2.45, 2.75) is 6.61 Å². The maximum atomic E-state index is 9.19. The van der Waals surface area contributed by atoms with E-state index in [-0.39, 0.29) is 6.61 Å². The lowest BCUT2D eigenvalue weighted by atomic mass is 10.1. The number of hydrogen-bond acceptors (Lipinski definition) is 6. The Balaban J connectivity index is 1.68. The first kappa shape index (κ1) is 14.0. The van der Waals surface area contributed by atoms with Crippen LogP contribution in [-0.2, 0) is 6.61 Å². The molecule has 6 heteroatoms. The van der Waals surface area contributed by atoms with Crippen molar-refractivity contribution in [2.24, 2.45) is 5.10 Å². The molecule has 0 amide bonds. The Hall–Kier alpha value is -2.99. The summed E-state index contributed by atoms with van der Waals surface area (Å²) in [5.41, 5.74) is 6.14. The molecule has 2 aromatic heterocycles. The molecular formula is C16H14N4O2. The number of aromatic nitrogens is 2. The third-order valence-corrected chi connectivity index (χ3v) is 3.05. The molecule has 0 aliphatic rings. The third kappa shape index (κ3) is 3.18. The van der Waals surface area contributed by atoms with Crippen LogP contribution in [-0.4, -0.2) is 21.3 Å². The van der Waals surface area contributed by atoms with E-state index in [0.29, 0.717) is 11.5 Å². The van der Waals surface area contributed by atoms with E-state index in [9.17, 15) is 5.11 Å². The number of benzene rings is 1. The van der Waals surface area contributed by atoms with Gasteiger partial charge in [0, 0.05) is 18.0 Å². The number of nitrogens with one attached hydrogen (secondary N) is 1. The van der Waals surface area contributed by atoms with Gasteiger partial charge in [0.25, 0.3) is 0 Å². The number of hydrazone groups is 1. The summed E-state index contributed by atoms with van der Waals surface area (Å²) < 4.78 is 5.29. The van der Waals surface area contributed by atoms with E-state index in [2.05, 4.69) is 20.5 Å². The van der Waals surface area contributed by atoms with Gasteiger partial charge in [-0.3, -0.25) is 10.4 Å². The Labute approximate surface area is 127 Å². The average molecular weight is 294 g/mol. The number of rotatable bonds is 5. The first-order valence-corrected chi connectivity index (χ1v) is 6.69. The fourth-order valence-electron chi connectivity index (χ4n) is 1.94. The van der Waals surface area contributed by atoms with Crippen molar-refractivity contribution in [2.75, 3.05) is 5.43 Å². The van der Waals surface area contributed by atoms with Crippen molar-refractivity contribution in [3.05, 3.63) is 66.4 Å². The van der Waals surface area contributed by atoms with Crippen LogP contribution in [0.3, 0.4) is 0 Å². The van der Waals surface area contributed by atoms with Gasteiger partial charge in [-0.15, -0.1) is 0 Å². The summed E-state index contributed by atoms with van der Waals surface area (Å²) in [5.74, 6) is 0.578. The van der Waals surface area contributed by atoms with Crippen molar-refractivity contribution in [3.63, 3.8) is 0 Å². The summed E-state index contributed by atoms with van der Waals surface area (Å²) in [6.07, 6.45) is 6.47. The van der Waals surface area contributed by atoms with E-state index in [1.165, 1.54) is 6.39 Å². The Kier molecular flexibility index (Phi) is 4.22. The first-order valence-electron chi connectivity index (χ1n) is 6.69. The number of aliphatic hydroxyl groups excluding tert-OH is 1. The van der Waals surface area contributed by atoms with Crippen LogP contribution in [0.1, 0.15) is 11.3 Å². The molecule has 0 saturated heterocycles. The number of oxazole rings is 1. The van der Waals surface area contributed by atoms with Gasteiger partial charge in [-0.05, 0) is 42.0 Å². The largest absolute Gasteiger partial charge is 0.443 e. The normalized spacial score (nSPS) is 11.0. The molecule has 0 radical (unpaired) electrons. The van der Waals surface area contributed by atoms with Gasteiger partial charge in [0.1, 0.15) is 5.69 Å². The highest BCUT2D eigenvalue weighted by Crippen LogP contribution is 2.24. The lowest BCUT2D eigenvalue weighted by molar-refractivity contribution is 0.277. The number of nitrogens with zero attached hydrogens (tertiary/aromatic N) is 3. The highest BCUT2D eigenvalue weighted by Gasteiger charge is 2.09. The zero-order chi connectivity index (χ0) is 15.2. The van der Waals surface area contributed by atoms with Gasteiger partial charge in [0.15, 0.2) is 12.2 Å². The molecule has 0 saturated carbocycles. The monoisotopic (exact) mass is 294 g/mol. The van der Waals surface area contributed by atoms with Crippen molar-refractivity contribution in [1.82, 2.24) is 9.97 Å². The number of pyridine rings is 1. The fourth-order valence-corrected chi connectivity index (χ4v) is 1.94. The maximum Gasteiger partial charge on any atom is 0.181 e. The van der Waals surface area contributed by atoms with E-state index >= 15 is 0 Å². The minimum atomic E-state index is -0.151.